The number of halogens is 1. The lowest BCUT2D eigenvalue weighted by atomic mass is 10.0. The van der Waals surface area contributed by atoms with Crippen molar-refractivity contribution in [2.75, 3.05) is 11.4 Å². The van der Waals surface area contributed by atoms with Crippen LogP contribution in [0.2, 0.25) is 5.15 Å². The van der Waals surface area contributed by atoms with Gasteiger partial charge in [0.2, 0.25) is 0 Å². The van der Waals surface area contributed by atoms with Gasteiger partial charge < -0.3 is 4.90 Å². The van der Waals surface area contributed by atoms with Gasteiger partial charge in [-0.1, -0.05) is 11.6 Å². The van der Waals surface area contributed by atoms with Crippen LogP contribution >= 0.6 is 23.3 Å². The van der Waals surface area contributed by atoms with E-state index in [0.29, 0.717) is 5.15 Å². The first-order valence-electron chi connectivity index (χ1n) is 4.37. The number of nitrogens with zero attached hydrogens (tertiary/aromatic N) is 3. The molecule has 1 saturated heterocycles. The average molecular weight is 218 g/mol. The molecule has 2 heterocycles. The molecule has 5 heteroatoms. The maximum absolute atomic E-state index is 5.94. The van der Waals surface area contributed by atoms with Gasteiger partial charge in [-0.2, -0.15) is 8.75 Å². The molecular formula is C8H12ClN3S. The summed E-state index contributed by atoms with van der Waals surface area (Å²) >= 11 is 7.12. The minimum absolute atomic E-state index is 0.180. The molecule has 0 spiro atoms. The van der Waals surface area contributed by atoms with Crippen LogP contribution in [0.5, 0.6) is 0 Å². The number of rotatable bonds is 1. The third-order valence-corrected chi connectivity index (χ3v) is 3.46. The Kier molecular flexibility index (Phi) is 2.20. The molecule has 0 aromatic carbocycles. The highest BCUT2D eigenvalue weighted by atomic mass is 35.5. The van der Waals surface area contributed by atoms with Gasteiger partial charge in [-0.3, -0.25) is 0 Å². The minimum atomic E-state index is 0.180. The Labute approximate surface area is 87.0 Å². The van der Waals surface area contributed by atoms with Crippen LogP contribution in [0.15, 0.2) is 0 Å². The predicted molar refractivity (Wildman–Crippen MR) is 55.6 cm³/mol. The van der Waals surface area contributed by atoms with Crippen LogP contribution in [0.4, 0.5) is 5.82 Å². The third-order valence-electron chi connectivity index (χ3n) is 2.59. The highest BCUT2D eigenvalue weighted by Gasteiger charge is 2.34. The van der Waals surface area contributed by atoms with Crippen molar-refractivity contribution in [2.45, 2.75) is 32.2 Å². The first-order chi connectivity index (χ1) is 6.11. The van der Waals surface area contributed by atoms with Crippen molar-refractivity contribution in [3.05, 3.63) is 5.15 Å². The fourth-order valence-corrected chi connectivity index (χ4v) is 2.58. The van der Waals surface area contributed by atoms with E-state index in [1.165, 1.54) is 24.6 Å². The highest BCUT2D eigenvalue weighted by molar-refractivity contribution is 6.99. The molecule has 13 heavy (non-hydrogen) atoms. The zero-order valence-corrected chi connectivity index (χ0v) is 9.32. The van der Waals surface area contributed by atoms with E-state index in [1.54, 1.807) is 0 Å². The smallest absolute Gasteiger partial charge is 0.187 e. The normalized spacial score (nSPS) is 21.0. The summed E-state index contributed by atoms with van der Waals surface area (Å²) in [4.78, 5) is 2.25. The van der Waals surface area contributed by atoms with E-state index in [9.17, 15) is 0 Å². The first kappa shape index (κ1) is 9.21. The van der Waals surface area contributed by atoms with Crippen molar-refractivity contribution in [1.29, 1.82) is 0 Å². The van der Waals surface area contributed by atoms with E-state index in [0.717, 1.165) is 12.4 Å². The summed E-state index contributed by atoms with van der Waals surface area (Å²) in [6.45, 7) is 5.48. The van der Waals surface area contributed by atoms with Gasteiger partial charge in [0, 0.05) is 12.1 Å². The molecular weight excluding hydrogens is 206 g/mol. The molecule has 0 unspecified atom stereocenters. The molecule has 1 fully saturated rings. The van der Waals surface area contributed by atoms with Crippen molar-refractivity contribution >= 4 is 29.1 Å². The van der Waals surface area contributed by atoms with E-state index >= 15 is 0 Å². The van der Waals surface area contributed by atoms with Gasteiger partial charge in [-0.05, 0) is 26.7 Å². The SMILES string of the molecule is CC1(C)CCCN1c1nsnc1Cl. The highest BCUT2D eigenvalue weighted by Crippen LogP contribution is 2.35. The Morgan fingerprint density at radius 3 is 2.69 bits per heavy atom. The van der Waals surface area contributed by atoms with Crippen molar-refractivity contribution < 1.29 is 0 Å². The Morgan fingerprint density at radius 1 is 1.46 bits per heavy atom. The summed E-state index contributed by atoms with van der Waals surface area (Å²) in [7, 11) is 0. The summed E-state index contributed by atoms with van der Waals surface area (Å²) in [6, 6.07) is 0. The number of hydrogen-bond acceptors (Lipinski definition) is 4. The number of hydrogen-bond donors (Lipinski definition) is 0. The zero-order valence-electron chi connectivity index (χ0n) is 7.75. The second-order valence-corrected chi connectivity index (χ2v) is 4.83. The molecule has 1 aromatic heterocycles. The van der Waals surface area contributed by atoms with Crippen LogP contribution in [0.3, 0.4) is 0 Å². The lowest BCUT2D eigenvalue weighted by Crippen LogP contribution is -2.38. The van der Waals surface area contributed by atoms with E-state index in [2.05, 4.69) is 27.5 Å². The van der Waals surface area contributed by atoms with E-state index in [-0.39, 0.29) is 5.54 Å². The summed E-state index contributed by atoms with van der Waals surface area (Å²) in [5, 5.41) is 0.542. The minimum Gasteiger partial charge on any atom is -0.348 e. The molecule has 0 N–H and O–H groups in total. The van der Waals surface area contributed by atoms with Crippen molar-refractivity contribution in [3.63, 3.8) is 0 Å². The average Bonchev–Trinajstić information content (AvgIpc) is 2.56. The molecule has 0 aliphatic carbocycles. The van der Waals surface area contributed by atoms with Crippen molar-refractivity contribution in [3.8, 4) is 0 Å². The lowest BCUT2D eigenvalue weighted by Gasteiger charge is -2.31. The maximum Gasteiger partial charge on any atom is 0.187 e. The molecule has 0 radical (unpaired) electrons. The van der Waals surface area contributed by atoms with Gasteiger partial charge in [0.25, 0.3) is 0 Å². The molecule has 2 rings (SSSR count). The largest absolute Gasteiger partial charge is 0.348 e. The van der Waals surface area contributed by atoms with Gasteiger partial charge in [-0.15, -0.1) is 0 Å². The van der Waals surface area contributed by atoms with Gasteiger partial charge in [-0.25, -0.2) is 0 Å². The van der Waals surface area contributed by atoms with E-state index < -0.39 is 0 Å². The van der Waals surface area contributed by atoms with Crippen LogP contribution in [0.1, 0.15) is 26.7 Å². The second kappa shape index (κ2) is 3.10. The van der Waals surface area contributed by atoms with Gasteiger partial charge in [0.1, 0.15) is 0 Å². The van der Waals surface area contributed by atoms with Crippen molar-refractivity contribution in [2.24, 2.45) is 0 Å². The Morgan fingerprint density at radius 2 is 2.23 bits per heavy atom. The van der Waals surface area contributed by atoms with Crippen LogP contribution in [-0.4, -0.2) is 20.8 Å². The van der Waals surface area contributed by atoms with Gasteiger partial charge in [0.15, 0.2) is 11.0 Å². The standard InChI is InChI=1S/C8H12ClN3S/c1-8(2)4-3-5-12(8)7-6(9)10-13-11-7/h3-5H2,1-2H3. The quantitative estimate of drug-likeness (QED) is 0.724. The van der Waals surface area contributed by atoms with Gasteiger partial charge in [0.05, 0.1) is 11.7 Å². The Bertz CT molecular complexity index is 310. The Balaban J connectivity index is 2.31. The lowest BCUT2D eigenvalue weighted by molar-refractivity contribution is 0.515. The number of aromatic nitrogens is 2. The summed E-state index contributed by atoms with van der Waals surface area (Å²) < 4.78 is 8.20. The topological polar surface area (TPSA) is 29.0 Å². The van der Waals surface area contributed by atoms with Gasteiger partial charge >= 0.3 is 0 Å². The summed E-state index contributed by atoms with van der Waals surface area (Å²) in [5.41, 5.74) is 0.180. The van der Waals surface area contributed by atoms with E-state index in [4.69, 9.17) is 11.6 Å². The molecule has 0 bridgehead atoms. The maximum atomic E-state index is 5.94. The molecule has 0 atom stereocenters. The fraction of sp³-hybridized carbons (Fsp3) is 0.750. The van der Waals surface area contributed by atoms with Crippen molar-refractivity contribution in [1.82, 2.24) is 8.75 Å². The first-order valence-corrected chi connectivity index (χ1v) is 5.48. The molecule has 1 aliphatic rings. The van der Waals surface area contributed by atoms with E-state index in [1.807, 2.05) is 0 Å². The molecule has 0 saturated carbocycles. The molecule has 1 aliphatic heterocycles. The van der Waals surface area contributed by atoms with Crippen LogP contribution < -0.4 is 4.90 Å². The second-order valence-electron chi connectivity index (χ2n) is 3.95. The molecule has 72 valence electrons. The van der Waals surface area contributed by atoms with Crippen LogP contribution in [-0.2, 0) is 0 Å². The summed E-state index contributed by atoms with van der Waals surface area (Å²) in [6.07, 6.45) is 2.40. The molecule has 1 aromatic rings. The third kappa shape index (κ3) is 1.53. The fourth-order valence-electron chi connectivity index (χ4n) is 1.83. The monoisotopic (exact) mass is 217 g/mol. The van der Waals surface area contributed by atoms with Crippen LogP contribution in [0.25, 0.3) is 0 Å². The Hall–Kier alpha value is -0.350. The summed E-state index contributed by atoms with van der Waals surface area (Å²) in [5.74, 6) is 0.856. The zero-order chi connectivity index (χ0) is 9.47. The molecule has 0 amide bonds. The van der Waals surface area contributed by atoms with Crippen LogP contribution in [0, 0.1) is 0 Å². The molecule has 3 nitrogen and oxygen atoms in total. The number of anilines is 1. The predicted octanol–water partition coefficient (Wildman–Crippen LogP) is 2.57.